The number of rotatable bonds is 4. The number of alkyl halides is 3. The molecule has 0 aliphatic rings. The number of ether oxygens (including phenoxy) is 1. The van der Waals surface area contributed by atoms with E-state index in [9.17, 15) is 9.59 Å². The average Bonchev–Trinajstić information content (AvgIpc) is 2.49. The van der Waals surface area contributed by atoms with Gasteiger partial charge in [0.15, 0.2) is 0 Å². The molecule has 0 spiro atoms. The molecule has 22 heavy (non-hydrogen) atoms. The van der Waals surface area contributed by atoms with Crippen molar-refractivity contribution in [3.8, 4) is 0 Å². The molecular formula is C13H14Cl3NO4S. The number of hydroxylamine groups is 1. The summed E-state index contributed by atoms with van der Waals surface area (Å²) in [4.78, 5) is 28.8. The topological polar surface area (TPSA) is 64.6 Å². The second-order valence-electron chi connectivity index (χ2n) is 4.21. The van der Waals surface area contributed by atoms with Crippen LogP contribution in [-0.2, 0) is 14.4 Å². The number of benzene rings is 1. The van der Waals surface area contributed by atoms with Crippen molar-refractivity contribution in [2.24, 2.45) is 0 Å². The molecule has 0 bridgehead atoms. The number of amides is 1. The second kappa shape index (κ2) is 8.72. The Balaban J connectivity index is 2.45. The first kappa shape index (κ1) is 19.2. The Morgan fingerprint density at radius 3 is 2.36 bits per heavy atom. The summed E-state index contributed by atoms with van der Waals surface area (Å²) in [5.41, 5.74) is 2.60. The molecule has 1 atom stereocenters. The van der Waals surface area contributed by atoms with E-state index in [-0.39, 0.29) is 0 Å². The number of hydrogen-bond donors (Lipinski definition) is 1. The summed E-state index contributed by atoms with van der Waals surface area (Å²) >= 11 is 17.8. The Morgan fingerprint density at radius 1 is 1.27 bits per heavy atom. The summed E-state index contributed by atoms with van der Waals surface area (Å²) < 4.78 is 2.82. The summed E-state index contributed by atoms with van der Waals surface area (Å²) in [5, 5.41) is 0. The highest BCUT2D eigenvalue weighted by molar-refractivity contribution is 7.98. The standard InChI is InChI=1S/C13H14Cl3NO4S/c1-8(9-3-5-10(22-2)6-4-9)11(18)21-17-12(19)20-7-13(14,15)16/h3-6,8H,7H2,1-2H3,(H,17,19). The molecule has 122 valence electrons. The first-order chi connectivity index (χ1) is 10.2. The summed E-state index contributed by atoms with van der Waals surface area (Å²) in [5.74, 6) is -1.19. The summed E-state index contributed by atoms with van der Waals surface area (Å²) in [7, 11) is 0. The van der Waals surface area contributed by atoms with E-state index in [1.165, 1.54) is 0 Å². The van der Waals surface area contributed by atoms with Crippen molar-refractivity contribution < 1.29 is 19.2 Å². The predicted molar refractivity (Wildman–Crippen MR) is 87.5 cm³/mol. The molecule has 0 aromatic heterocycles. The van der Waals surface area contributed by atoms with E-state index in [1.54, 1.807) is 18.7 Å². The summed E-state index contributed by atoms with van der Waals surface area (Å²) in [6.07, 6.45) is 0.934. The van der Waals surface area contributed by atoms with E-state index in [4.69, 9.17) is 34.8 Å². The maximum atomic E-state index is 11.8. The minimum Gasteiger partial charge on any atom is -0.443 e. The number of carbonyl (C=O) groups excluding carboxylic acids is 2. The van der Waals surface area contributed by atoms with Gasteiger partial charge >= 0.3 is 12.1 Å². The zero-order chi connectivity index (χ0) is 16.8. The smallest absolute Gasteiger partial charge is 0.440 e. The Bertz CT molecular complexity index is 519. The van der Waals surface area contributed by atoms with Gasteiger partial charge in [-0.2, -0.15) is 0 Å². The number of nitrogens with one attached hydrogen (secondary N) is 1. The van der Waals surface area contributed by atoms with Gasteiger partial charge in [-0.3, -0.25) is 0 Å². The molecule has 0 saturated carbocycles. The summed E-state index contributed by atoms with van der Waals surface area (Å²) in [6, 6.07) is 7.43. The Kier molecular flexibility index (Phi) is 7.62. The van der Waals surface area contributed by atoms with Gasteiger partial charge in [-0.1, -0.05) is 46.9 Å². The molecule has 1 unspecified atom stereocenters. The number of thioether (sulfide) groups is 1. The van der Waals surface area contributed by atoms with Gasteiger partial charge in [0.2, 0.25) is 3.79 Å². The molecule has 1 aromatic carbocycles. The molecule has 1 rings (SSSR count). The molecule has 1 aromatic rings. The van der Waals surface area contributed by atoms with E-state index < -0.39 is 28.4 Å². The summed E-state index contributed by atoms with van der Waals surface area (Å²) in [6.45, 7) is 1.19. The van der Waals surface area contributed by atoms with Crippen LogP contribution in [0.25, 0.3) is 0 Å². The van der Waals surface area contributed by atoms with Crippen LogP contribution in [0, 0.1) is 0 Å². The third-order valence-corrected chi connectivity index (χ3v) is 3.64. The normalized spacial score (nSPS) is 12.4. The van der Waals surface area contributed by atoms with Gasteiger partial charge in [-0.05, 0) is 30.9 Å². The predicted octanol–water partition coefficient (Wildman–Crippen LogP) is 4.07. The van der Waals surface area contributed by atoms with Crippen molar-refractivity contribution in [3.63, 3.8) is 0 Å². The molecule has 0 saturated heterocycles. The Morgan fingerprint density at radius 2 is 1.86 bits per heavy atom. The van der Waals surface area contributed by atoms with Crippen molar-refractivity contribution >= 4 is 58.6 Å². The van der Waals surface area contributed by atoms with Gasteiger partial charge in [-0.25, -0.2) is 9.59 Å². The van der Waals surface area contributed by atoms with Gasteiger partial charge in [0.05, 0.1) is 5.92 Å². The average molecular weight is 387 g/mol. The molecule has 5 nitrogen and oxygen atoms in total. The lowest BCUT2D eigenvalue weighted by Crippen LogP contribution is -2.31. The maximum absolute atomic E-state index is 11.8. The SMILES string of the molecule is CSc1ccc(C(C)C(=O)ONC(=O)OCC(Cl)(Cl)Cl)cc1. The molecule has 9 heteroatoms. The van der Waals surface area contributed by atoms with E-state index >= 15 is 0 Å². The molecule has 1 N–H and O–H groups in total. The van der Waals surface area contributed by atoms with Crippen LogP contribution in [0.2, 0.25) is 0 Å². The number of hydrogen-bond acceptors (Lipinski definition) is 5. The lowest BCUT2D eigenvalue weighted by atomic mass is 10.0. The van der Waals surface area contributed by atoms with E-state index in [0.29, 0.717) is 0 Å². The number of carbonyl (C=O) groups is 2. The molecule has 0 radical (unpaired) electrons. The van der Waals surface area contributed by atoms with Crippen LogP contribution in [0.15, 0.2) is 29.2 Å². The van der Waals surface area contributed by atoms with E-state index in [1.807, 2.05) is 36.0 Å². The van der Waals surface area contributed by atoms with Crippen LogP contribution < -0.4 is 5.48 Å². The third kappa shape index (κ3) is 6.96. The monoisotopic (exact) mass is 385 g/mol. The van der Waals surface area contributed by atoms with Crippen molar-refractivity contribution in [1.82, 2.24) is 5.48 Å². The Labute approximate surface area is 147 Å². The number of halogens is 3. The highest BCUT2D eigenvalue weighted by Crippen LogP contribution is 2.26. The van der Waals surface area contributed by atoms with Crippen LogP contribution >= 0.6 is 46.6 Å². The van der Waals surface area contributed by atoms with Crippen molar-refractivity contribution in [2.75, 3.05) is 12.9 Å². The van der Waals surface area contributed by atoms with Crippen LogP contribution in [0.5, 0.6) is 0 Å². The molecule has 1 amide bonds. The highest BCUT2D eigenvalue weighted by Gasteiger charge is 2.23. The highest BCUT2D eigenvalue weighted by atomic mass is 35.6. The first-order valence-electron chi connectivity index (χ1n) is 6.07. The van der Waals surface area contributed by atoms with Crippen LogP contribution in [0.4, 0.5) is 4.79 Å². The largest absolute Gasteiger partial charge is 0.443 e. The fourth-order valence-corrected chi connectivity index (χ4v) is 1.96. The fourth-order valence-electron chi connectivity index (χ4n) is 1.39. The van der Waals surface area contributed by atoms with Crippen molar-refractivity contribution in [1.29, 1.82) is 0 Å². The first-order valence-corrected chi connectivity index (χ1v) is 8.43. The van der Waals surface area contributed by atoms with Gasteiger partial charge in [0, 0.05) is 4.90 Å². The van der Waals surface area contributed by atoms with Crippen molar-refractivity contribution in [3.05, 3.63) is 29.8 Å². The van der Waals surface area contributed by atoms with E-state index in [2.05, 4.69) is 9.57 Å². The zero-order valence-electron chi connectivity index (χ0n) is 11.8. The van der Waals surface area contributed by atoms with Crippen LogP contribution in [0.3, 0.4) is 0 Å². The quantitative estimate of drug-likeness (QED) is 0.480. The molecule has 0 heterocycles. The Hall–Kier alpha value is -0.820. The zero-order valence-corrected chi connectivity index (χ0v) is 14.9. The lowest BCUT2D eigenvalue weighted by molar-refractivity contribution is -0.151. The van der Waals surface area contributed by atoms with Gasteiger partial charge in [0.25, 0.3) is 0 Å². The molecule has 0 aliphatic carbocycles. The minimum absolute atomic E-state index is 0.466. The third-order valence-electron chi connectivity index (χ3n) is 2.57. The van der Waals surface area contributed by atoms with Gasteiger partial charge in [0.1, 0.15) is 6.61 Å². The van der Waals surface area contributed by atoms with Crippen molar-refractivity contribution in [2.45, 2.75) is 21.5 Å². The van der Waals surface area contributed by atoms with Crippen LogP contribution in [-0.4, -0.2) is 28.7 Å². The van der Waals surface area contributed by atoms with Gasteiger partial charge < -0.3 is 9.57 Å². The molecular weight excluding hydrogens is 373 g/mol. The minimum atomic E-state index is -1.73. The maximum Gasteiger partial charge on any atom is 0.440 e. The molecule has 0 fully saturated rings. The van der Waals surface area contributed by atoms with Crippen LogP contribution in [0.1, 0.15) is 18.4 Å². The lowest BCUT2D eigenvalue weighted by Gasteiger charge is -2.14. The fraction of sp³-hybridized carbons (Fsp3) is 0.385. The molecule has 0 aliphatic heterocycles. The van der Waals surface area contributed by atoms with E-state index in [0.717, 1.165) is 10.5 Å². The van der Waals surface area contributed by atoms with Gasteiger partial charge in [-0.15, -0.1) is 17.2 Å². The second-order valence-corrected chi connectivity index (χ2v) is 7.61.